The van der Waals surface area contributed by atoms with Crippen LogP contribution in [0.3, 0.4) is 0 Å². The molecule has 0 aromatic heterocycles. The lowest BCUT2D eigenvalue weighted by Gasteiger charge is -2.34. The van der Waals surface area contributed by atoms with E-state index in [2.05, 4.69) is 38.2 Å². The molecule has 2 aliphatic heterocycles. The van der Waals surface area contributed by atoms with Gasteiger partial charge in [0.25, 0.3) is 0 Å². The van der Waals surface area contributed by atoms with Crippen molar-refractivity contribution in [3.63, 3.8) is 0 Å². The Morgan fingerprint density at radius 3 is 2.86 bits per heavy atom. The number of ether oxygens (including phenoxy) is 2. The van der Waals surface area contributed by atoms with Crippen LogP contribution in [0.25, 0.3) is 0 Å². The second-order valence-corrected chi connectivity index (χ2v) is 6.92. The number of nitrogens with one attached hydrogen (secondary N) is 1. The van der Waals surface area contributed by atoms with Crippen molar-refractivity contribution in [2.75, 3.05) is 13.7 Å². The van der Waals surface area contributed by atoms with Crippen LogP contribution in [0.15, 0.2) is 12.1 Å². The summed E-state index contributed by atoms with van der Waals surface area (Å²) >= 11 is 0. The zero-order valence-electron chi connectivity index (χ0n) is 13.7. The summed E-state index contributed by atoms with van der Waals surface area (Å²) in [4.78, 5) is 0. The zero-order chi connectivity index (χ0) is 15.0. The third-order valence-electron chi connectivity index (χ3n) is 5.19. The fraction of sp³-hybridized carbons (Fsp3) is 0.667. The number of fused-ring (bicyclic) bond motifs is 1. The van der Waals surface area contributed by atoms with Crippen molar-refractivity contribution < 1.29 is 9.47 Å². The maximum absolute atomic E-state index is 5.93. The predicted octanol–water partition coefficient (Wildman–Crippen LogP) is 3.34. The van der Waals surface area contributed by atoms with E-state index in [-0.39, 0.29) is 11.6 Å². The second-order valence-electron chi connectivity index (χ2n) is 6.92. The Labute approximate surface area is 128 Å². The van der Waals surface area contributed by atoms with Crippen molar-refractivity contribution in [1.82, 2.24) is 5.32 Å². The van der Waals surface area contributed by atoms with Crippen LogP contribution in [-0.4, -0.2) is 25.3 Å². The minimum Gasteiger partial charge on any atom is -0.496 e. The average molecular weight is 289 g/mol. The van der Waals surface area contributed by atoms with Gasteiger partial charge in [-0.15, -0.1) is 0 Å². The first-order chi connectivity index (χ1) is 10.0. The highest BCUT2D eigenvalue weighted by atomic mass is 16.5. The molecular formula is C18H27NO2. The normalized spacial score (nSPS) is 27.8. The van der Waals surface area contributed by atoms with Gasteiger partial charge >= 0.3 is 0 Å². The van der Waals surface area contributed by atoms with Crippen LogP contribution in [0.1, 0.15) is 44.7 Å². The van der Waals surface area contributed by atoms with Crippen LogP contribution in [0.5, 0.6) is 11.5 Å². The molecule has 1 fully saturated rings. The van der Waals surface area contributed by atoms with Crippen LogP contribution < -0.4 is 14.8 Å². The third kappa shape index (κ3) is 2.64. The first-order valence-corrected chi connectivity index (χ1v) is 8.15. The molecule has 3 nitrogen and oxygen atoms in total. The molecule has 1 N–H and O–H groups in total. The monoisotopic (exact) mass is 289 g/mol. The van der Waals surface area contributed by atoms with Gasteiger partial charge in [-0.25, -0.2) is 0 Å². The van der Waals surface area contributed by atoms with Crippen LogP contribution in [-0.2, 0) is 12.8 Å². The smallest absolute Gasteiger partial charge is 0.123 e. The van der Waals surface area contributed by atoms with E-state index in [4.69, 9.17) is 9.47 Å². The van der Waals surface area contributed by atoms with Crippen molar-refractivity contribution in [3.05, 3.63) is 23.3 Å². The molecule has 2 atom stereocenters. The lowest BCUT2D eigenvalue weighted by molar-refractivity contribution is 0.252. The van der Waals surface area contributed by atoms with Gasteiger partial charge in [0.2, 0.25) is 0 Å². The molecule has 2 heterocycles. The topological polar surface area (TPSA) is 30.5 Å². The quantitative estimate of drug-likeness (QED) is 0.922. The van der Waals surface area contributed by atoms with Crippen molar-refractivity contribution >= 4 is 0 Å². The summed E-state index contributed by atoms with van der Waals surface area (Å²) in [6, 6.07) is 4.39. The molecule has 0 aliphatic carbocycles. The van der Waals surface area contributed by atoms with E-state index in [1.54, 1.807) is 7.11 Å². The van der Waals surface area contributed by atoms with Crippen LogP contribution in [0.4, 0.5) is 0 Å². The Morgan fingerprint density at radius 2 is 2.24 bits per heavy atom. The van der Waals surface area contributed by atoms with Gasteiger partial charge in [0.15, 0.2) is 0 Å². The van der Waals surface area contributed by atoms with Gasteiger partial charge in [0.05, 0.1) is 7.11 Å². The van der Waals surface area contributed by atoms with Crippen LogP contribution in [0.2, 0.25) is 0 Å². The molecule has 0 saturated carbocycles. The Morgan fingerprint density at radius 1 is 1.43 bits per heavy atom. The van der Waals surface area contributed by atoms with Gasteiger partial charge in [-0.1, -0.05) is 13.8 Å². The van der Waals surface area contributed by atoms with E-state index < -0.39 is 0 Å². The average Bonchev–Trinajstić information content (AvgIpc) is 3.04. The Hall–Kier alpha value is -1.22. The molecule has 0 bridgehead atoms. The van der Waals surface area contributed by atoms with Gasteiger partial charge in [0.1, 0.15) is 17.6 Å². The van der Waals surface area contributed by atoms with Gasteiger partial charge in [-0.3, -0.25) is 0 Å². The summed E-state index contributed by atoms with van der Waals surface area (Å²) < 4.78 is 11.6. The van der Waals surface area contributed by atoms with E-state index in [9.17, 15) is 0 Å². The number of methoxy groups -OCH3 is 1. The third-order valence-corrected chi connectivity index (χ3v) is 5.19. The molecule has 116 valence electrons. The molecular weight excluding hydrogens is 262 g/mol. The molecule has 0 spiro atoms. The van der Waals surface area contributed by atoms with Crippen LogP contribution >= 0.6 is 0 Å². The summed E-state index contributed by atoms with van der Waals surface area (Å²) in [5.74, 6) is 2.67. The zero-order valence-corrected chi connectivity index (χ0v) is 13.7. The number of hydrogen-bond acceptors (Lipinski definition) is 3. The number of benzene rings is 1. The summed E-state index contributed by atoms with van der Waals surface area (Å²) in [5, 5.41) is 3.75. The summed E-state index contributed by atoms with van der Waals surface area (Å²) in [7, 11) is 1.77. The molecule has 2 aliphatic rings. The Bertz CT molecular complexity index is 518. The van der Waals surface area contributed by atoms with Gasteiger partial charge in [0, 0.05) is 17.5 Å². The van der Waals surface area contributed by atoms with Crippen molar-refractivity contribution in [2.24, 2.45) is 5.92 Å². The maximum Gasteiger partial charge on any atom is 0.123 e. The fourth-order valence-electron chi connectivity index (χ4n) is 3.83. The van der Waals surface area contributed by atoms with Crippen molar-refractivity contribution in [2.45, 2.75) is 58.1 Å². The highest BCUT2D eigenvalue weighted by Crippen LogP contribution is 2.39. The highest BCUT2D eigenvalue weighted by Gasteiger charge is 2.37. The van der Waals surface area contributed by atoms with Gasteiger partial charge in [-0.2, -0.15) is 0 Å². The van der Waals surface area contributed by atoms with Crippen molar-refractivity contribution in [1.29, 1.82) is 0 Å². The summed E-state index contributed by atoms with van der Waals surface area (Å²) in [5.41, 5.74) is 2.75. The van der Waals surface area contributed by atoms with E-state index in [1.165, 1.54) is 24.0 Å². The summed E-state index contributed by atoms with van der Waals surface area (Å²) in [6.07, 6.45) is 4.78. The Balaban J connectivity index is 1.93. The molecule has 21 heavy (non-hydrogen) atoms. The van der Waals surface area contributed by atoms with E-state index in [0.29, 0.717) is 5.92 Å². The number of rotatable bonds is 4. The first-order valence-electron chi connectivity index (χ1n) is 8.15. The van der Waals surface area contributed by atoms with Gasteiger partial charge in [-0.05, 0) is 56.3 Å². The Kier molecular flexibility index (Phi) is 3.87. The lowest BCUT2D eigenvalue weighted by atomic mass is 9.79. The molecule has 1 saturated heterocycles. The first kappa shape index (κ1) is 14.7. The molecule has 1 aromatic rings. The van der Waals surface area contributed by atoms with E-state index in [1.807, 2.05) is 0 Å². The molecule has 1 aromatic carbocycles. The lowest BCUT2D eigenvalue weighted by Crippen LogP contribution is -2.46. The van der Waals surface area contributed by atoms with E-state index in [0.717, 1.165) is 30.9 Å². The maximum atomic E-state index is 5.93. The van der Waals surface area contributed by atoms with Crippen molar-refractivity contribution in [3.8, 4) is 11.5 Å². The predicted molar refractivity (Wildman–Crippen MR) is 85.3 cm³/mol. The van der Waals surface area contributed by atoms with Crippen LogP contribution in [0, 0.1) is 5.92 Å². The number of hydrogen-bond donors (Lipinski definition) is 1. The fourth-order valence-corrected chi connectivity index (χ4v) is 3.83. The largest absolute Gasteiger partial charge is 0.496 e. The minimum atomic E-state index is 0.200. The minimum absolute atomic E-state index is 0.200. The molecule has 0 amide bonds. The van der Waals surface area contributed by atoms with E-state index >= 15 is 0 Å². The SMILES string of the molecule is COc1cc2c(cc1CC1(C(C)C)CCCN1)OC(C)C2. The summed E-state index contributed by atoms with van der Waals surface area (Å²) in [6.45, 7) is 7.88. The highest BCUT2D eigenvalue weighted by molar-refractivity contribution is 5.49. The molecule has 3 rings (SSSR count). The molecule has 3 heteroatoms. The van der Waals surface area contributed by atoms with Gasteiger partial charge < -0.3 is 14.8 Å². The molecule has 0 radical (unpaired) electrons. The molecule has 2 unspecified atom stereocenters. The standard InChI is InChI=1S/C18H27NO2/c1-12(2)18(6-5-7-19-18)11-15-10-17-14(8-13(3)21-17)9-16(15)20-4/h9-10,12-13,19H,5-8,11H2,1-4H3. The second kappa shape index (κ2) is 5.53.